The second-order valence-corrected chi connectivity index (χ2v) is 5.57. The topological polar surface area (TPSA) is 77.8 Å². The average molecular weight is 328 g/mol. The Morgan fingerprint density at radius 2 is 1.80 bits per heavy atom. The Labute approximate surface area is 146 Å². The van der Waals surface area contributed by atoms with E-state index in [1.54, 1.807) is 36.5 Å². The van der Waals surface area contributed by atoms with E-state index in [0.29, 0.717) is 22.6 Å². The Bertz CT molecular complexity index is 925. The molecule has 1 heterocycles. The van der Waals surface area contributed by atoms with Crippen molar-refractivity contribution < 1.29 is 4.79 Å². The molecule has 0 aliphatic carbocycles. The predicted molar refractivity (Wildman–Crippen MR) is 97.8 cm³/mol. The third-order valence-electron chi connectivity index (χ3n) is 3.59. The highest BCUT2D eigenvalue weighted by Crippen LogP contribution is 2.17. The number of hydrogen-bond donors (Lipinski definition) is 2. The molecule has 3 aromatic rings. The third-order valence-corrected chi connectivity index (χ3v) is 3.59. The largest absolute Gasteiger partial charge is 0.340 e. The number of aryl methyl sites for hydroxylation is 1. The molecule has 2 N–H and O–H groups in total. The SMILES string of the molecule is Cc1cccc(C(=O)Nc2ccc(Nc3ccc(C#N)cc3)nc2)c1. The predicted octanol–water partition coefficient (Wildman–Crippen LogP) is 4.26. The minimum Gasteiger partial charge on any atom is -0.340 e. The van der Waals surface area contributed by atoms with Gasteiger partial charge in [0.05, 0.1) is 23.5 Å². The Morgan fingerprint density at radius 3 is 2.44 bits per heavy atom. The van der Waals surface area contributed by atoms with Crippen LogP contribution in [0.3, 0.4) is 0 Å². The Kier molecular flexibility index (Phi) is 4.72. The number of pyridine rings is 1. The van der Waals surface area contributed by atoms with Gasteiger partial charge in [-0.25, -0.2) is 4.98 Å². The first-order chi connectivity index (χ1) is 12.1. The summed E-state index contributed by atoms with van der Waals surface area (Å²) in [5.74, 6) is 0.483. The van der Waals surface area contributed by atoms with E-state index in [2.05, 4.69) is 21.7 Å². The molecule has 0 saturated carbocycles. The zero-order chi connectivity index (χ0) is 17.6. The van der Waals surface area contributed by atoms with Gasteiger partial charge in [0.1, 0.15) is 5.82 Å². The summed E-state index contributed by atoms with van der Waals surface area (Å²) in [6, 6.07) is 20.2. The fraction of sp³-hybridized carbons (Fsp3) is 0.0500. The van der Waals surface area contributed by atoms with E-state index in [1.165, 1.54) is 0 Å². The smallest absolute Gasteiger partial charge is 0.255 e. The van der Waals surface area contributed by atoms with E-state index >= 15 is 0 Å². The first-order valence-electron chi connectivity index (χ1n) is 7.75. The fourth-order valence-corrected chi connectivity index (χ4v) is 2.31. The molecule has 0 aliphatic rings. The van der Waals surface area contributed by atoms with Crippen LogP contribution in [0.5, 0.6) is 0 Å². The van der Waals surface area contributed by atoms with E-state index in [9.17, 15) is 4.79 Å². The fourth-order valence-electron chi connectivity index (χ4n) is 2.31. The summed E-state index contributed by atoms with van der Waals surface area (Å²) in [4.78, 5) is 16.5. The van der Waals surface area contributed by atoms with Gasteiger partial charge >= 0.3 is 0 Å². The highest BCUT2D eigenvalue weighted by molar-refractivity contribution is 6.04. The standard InChI is InChI=1S/C20H16N4O/c1-14-3-2-4-16(11-14)20(25)24-18-9-10-19(22-13-18)23-17-7-5-15(12-21)6-8-17/h2-11,13H,1H3,(H,22,23)(H,24,25). The second kappa shape index (κ2) is 7.28. The maximum absolute atomic E-state index is 12.2. The van der Waals surface area contributed by atoms with E-state index in [4.69, 9.17) is 5.26 Å². The summed E-state index contributed by atoms with van der Waals surface area (Å²) < 4.78 is 0. The van der Waals surface area contributed by atoms with E-state index in [0.717, 1.165) is 11.3 Å². The number of carbonyl (C=O) groups excluding carboxylic acids is 1. The molecule has 0 atom stereocenters. The number of nitrogens with zero attached hydrogens (tertiary/aromatic N) is 2. The van der Waals surface area contributed by atoms with Crippen molar-refractivity contribution in [2.75, 3.05) is 10.6 Å². The molecule has 0 unspecified atom stereocenters. The number of nitriles is 1. The van der Waals surface area contributed by atoms with Gasteiger partial charge in [0.15, 0.2) is 0 Å². The molecule has 0 aliphatic heterocycles. The number of amides is 1. The molecule has 5 heteroatoms. The van der Waals surface area contributed by atoms with Crippen LogP contribution >= 0.6 is 0 Å². The molecule has 0 bridgehead atoms. The number of aromatic nitrogens is 1. The molecule has 0 fully saturated rings. The van der Waals surface area contributed by atoms with E-state index in [1.807, 2.05) is 37.3 Å². The third kappa shape index (κ3) is 4.21. The number of rotatable bonds is 4. The highest BCUT2D eigenvalue weighted by atomic mass is 16.1. The lowest BCUT2D eigenvalue weighted by atomic mass is 10.1. The van der Waals surface area contributed by atoms with Crippen molar-refractivity contribution in [3.8, 4) is 6.07 Å². The summed E-state index contributed by atoms with van der Waals surface area (Å²) in [5, 5.41) is 14.8. The molecule has 0 radical (unpaired) electrons. The molecular formula is C20H16N4O. The van der Waals surface area contributed by atoms with Crippen molar-refractivity contribution in [3.63, 3.8) is 0 Å². The number of benzene rings is 2. The van der Waals surface area contributed by atoms with Gasteiger partial charge in [-0.15, -0.1) is 0 Å². The zero-order valence-corrected chi connectivity index (χ0v) is 13.7. The van der Waals surface area contributed by atoms with Crippen LogP contribution in [0, 0.1) is 18.3 Å². The number of anilines is 3. The quantitative estimate of drug-likeness (QED) is 0.750. The van der Waals surface area contributed by atoms with Crippen LogP contribution in [-0.4, -0.2) is 10.9 Å². The summed E-state index contributed by atoms with van der Waals surface area (Å²) in [5.41, 5.74) is 3.71. The summed E-state index contributed by atoms with van der Waals surface area (Å²) in [6.45, 7) is 1.95. The van der Waals surface area contributed by atoms with Gasteiger partial charge in [0.2, 0.25) is 0 Å². The molecule has 25 heavy (non-hydrogen) atoms. The zero-order valence-electron chi connectivity index (χ0n) is 13.7. The summed E-state index contributed by atoms with van der Waals surface area (Å²) >= 11 is 0. The minimum atomic E-state index is -0.168. The maximum Gasteiger partial charge on any atom is 0.255 e. The number of nitrogens with one attached hydrogen (secondary N) is 2. The lowest BCUT2D eigenvalue weighted by molar-refractivity contribution is 0.102. The van der Waals surface area contributed by atoms with Crippen molar-refractivity contribution in [1.82, 2.24) is 4.98 Å². The van der Waals surface area contributed by atoms with Gasteiger partial charge in [0, 0.05) is 11.3 Å². The van der Waals surface area contributed by atoms with Crippen molar-refractivity contribution >= 4 is 23.1 Å². The van der Waals surface area contributed by atoms with Gasteiger partial charge in [-0.05, 0) is 55.5 Å². The minimum absolute atomic E-state index is 0.168. The van der Waals surface area contributed by atoms with Gasteiger partial charge in [-0.3, -0.25) is 4.79 Å². The summed E-state index contributed by atoms with van der Waals surface area (Å²) in [6.07, 6.45) is 1.60. The molecule has 1 aromatic heterocycles. The number of carbonyl (C=O) groups is 1. The van der Waals surface area contributed by atoms with Crippen LogP contribution in [0.1, 0.15) is 21.5 Å². The molecule has 5 nitrogen and oxygen atoms in total. The van der Waals surface area contributed by atoms with E-state index in [-0.39, 0.29) is 5.91 Å². The average Bonchev–Trinajstić information content (AvgIpc) is 2.64. The normalized spacial score (nSPS) is 9.92. The van der Waals surface area contributed by atoms with Crippen LogP contribution < -0.4 is 10.6 Å². The van der Waals surface area contributed by atoms with Crippen LogP contribution in [0.2, 0.25) is 0 Å². The van der Waals surface area contributed by atoms with Crippen LogP contribution in [0.4, 0.5) is 17.2 Å². The molecule has 0 spiro atoms. The lowest BCUT2D eigenvalue weighted by Crippen LogP contribution is -2.12. The molecule has 1 amide bonds. The van der Waals surface area contributed by atoms with Crippen molar-refractivity contribution in [3.05, 3.63) is 83.6 Å². The molecule has 3 rings (SSSR count). The maximum atomic E-state index is 12.2. The first-order valence-corrected chi connectivity index (χ1v) is 7.75. The first kappa shape index (κ1) is 16.2. The molecule has 2 aromatic carbocycles. The van der Waals surface area contributed by atoms with Gasteiger partial charge < -0.3 is 10.6 Å². The summed E-state index contributed by atoms with van der Waals surface area (Å²) in [7, 11) is 0. The van der Waals surface area contributed by atoms with E-state index < -0.39 is 0 Å². The van der Waals surface area contributed by atoms with Crippen molar-refractivity contribution in [2.45, 2.75) is 6.92 Å². The van der Waals surface area contributed by atoms with Crippen molar-refractivity contribution in [1.29, 1.82) is 5.26 Å². The molecular weight excluding hydrogens is 312 g/mol. The van der Waals surface area contributed by atoms with Crippen LogP contribution in [-0.2, 0) is 0 Å². The lowest BCUT2D eigenvalue weighted by Gasteiger charge is -2.08. The Balaban J connectivity index is 1.65. The Morgan fingerprint density at radius 1 is 1.04 bits per heavy atom. The highest BCUT2D eigenvalue weighted by Gasteiger charge is 2.06. The molecule has 122 valence electrons. The molecule has 0 saturated heterocycles. The Hall–Kier alpha value is -3.65. The van der Waals surface area contributed by atoms with Gasteiger partial charge in [-0.2, -0.15) is 5.26 Å². The second-order valence-electron chi connectivity index (χ2n) is 5.57. The van der Waals surface area contributed by atoms with Gasteiger partial charge in [-0.1, -0.05) is 17.7 Å². The van der Waals surface area contributed by atoms with Gasteiger partial charge in [0.25, 0.3) is 5.91 Å². The van der Waals surface area contributed by atoms with Crippen LogP contribution in [0.25, 0.3) is 0 Å². The number of hydrogen-bond acceptors (Lipinski definition) is 4. The monoisotopic (exact) mass is 328 g/mol. The van der Waals surface area contributed by atoms with Crippen molar-refractivity contribution in [2.24, 2.45) is 0 Å². The van der Waals surface area contributed by atoms with Crippen LogP contribution in [0.15, 0.2) is 66.9 Å².